The largest absolute Gasteiger partial charge is 0.387 e. The summed E-state index contributed by atoms with van der Waals surface area (Å²) in [5.74, 6) is 1.62. The lowest BCUT2D eigenvalue weighted by atomic mass is 10.0. The molecule has 3 heterocycles. The maximum absolute atomic E-state index is 10.8. The summed E-state index contributed by atoms with van der Waals surface area (Å²) in [6, 6.07) is 17.6. The molecule has 1 saturated carbocycles. The average molecular weight is 461 g/mol. The third kappa shape index (κ3) is 3.92. The lowest BCUT2D eigenvalue weighted by Gasteiger charge is -2.20. The second-order valence-electron chi connectivity index (χ2n) is 9.94. The number of benzene rings is 2. The van der Waals surface area contributed by atoms with Gasteiger partial charge in [0.15, 0.2) is 0 Å². The van der Waals surface area contributed by atoms with Gasteiger partial charge in [0.2, 0.25) is 0 Å². The zero-order chi connectivity index (χ0) is 22.5. The Bertz CT molecular complexity index is 1190. The molecule has 6 atom stereocenters. The van der Waals surface area contributed by atoms with Crippen LogP contribution in [0, 0.1) is 0 Å². The number of nitrogens with one attached hydrogen (secondary N) is 1. The number of thioether (sulfide) groups is 1. The summed E-state index contributed by atoms with van der Waals surface area (Å²) >= 11 is 1.96. The molecule has 0 amide bonds. The molecule has 1 aromatic heterocycles. The van der Waals surface area contributed by atoms with E-state index in [9.17, 15) is 5.11 Å². The Hall–Kier alpha value is -2.15. The number of fused-ring (bicyclic) bond motifs is 2. The molecule has 3 aromatic rings. The molecular formula is C27H32N4OS. The van der Waals surface area contributed by atoms with Crippen LogP contribution in [0.5, 0.6) is 0 Å². The second kappa shape index (κ2) is 8.57. The quantitative estimate of drug-likeness (QED) is 0.577. The third-order valence-electron chi connectivity index (χ3n) is 7.80. The van der Waals surface area contributed by atoms with E-state index in [4.69, 9.17) is 9.98 Å². The molecule has 2 aliphatic heterocycles. The van der Waals surface area contributed by atoms with E-state index in [1.807, 2.05) is 42.1 Å². The fraction of sp³-hybridized carbons (Fsp3) is 0.481. The highest BCUT2D eigenvalue weighted by Crippen LogP contribution is 2.46. The molecule has 0 bridgehead atoms. The number of hydrogen-bond acceptors (Lipinski definition) is 5. The molecule has 1 aliphatic carbocycles. The minimum Gasteiger partial charge on any atom is -0.387 e. The zero-order valence-corrected chi connectivity index (χ0v) is 20.1. The summed E-state index contributed by atoms with van der Waals surface area (Å²) in [4.78, 5) is 10.0. The van der Waals surface area contributed by atoms with Gasteiger partial charge in [-0.1, -0.05) is 36.4 Å². The van der Waals surface area contributed by atoms with E-state index in [0.29, 0.717) is 23.3 Å². The van der Waals surface area contributed by atoms with Crippen molar-refractivity contribution in [3.05, 3.63) is 65.5 Å². The molecule has 3 aliphatic rings. The van der Waals surface area contributed by atoms with Gasteiger partial charge in [0, 0.05) is 30.3 Å². The Morgan fingerprint density at radius 2 is 1.97 bits per heavy atom. The Labute approximate surface area is 199 Å². The number of imidazole rings is 1. The van der Waals surface area contributed by atoms with Crippen LogP contribution in [0.2, 0.25) is 0 Å². The number of aliphatic hydroxyl groups is 1. The van der Waals surface area contributed by atoms with E-state index in [0.717, 1.165) is 30.3 Å². The highest BCUT2D eigenvalue weighted by atomic mass is 32.2. The van der Waals surface area contributed by atoms with Gasteiger partial charge in [-0.15, -0.1) is 11.8 Å². The van der Waals surface area contributed by atoms with Gasteiger partial charge in [0.25, 0.3) is 0 Å². The zero-order valence-electron chi connectivity index (χ0n) is 19.3. The lowest BCUT2D eigenvalue weighted by molar-refractivity contribution is 0.135. The second-order valence-corrected chi connectivity index (χ2v) is 11.4. The number of aromatic nitrogens is 2. The number of rotatable bonds is 5. The van der Waals surface area contributed by atoms with Crippen LogP contribution in [0.3, 0.4) is 0 Å². The molecule has 172 valence electrons. The Morgan fingerprint density at radius 3 is 2.82 bits per heavy atom. The van der Waals surface area contributed by atoms with Gasteiger partial charge in [-0.05, 0) is 62.3 Å². The van der Waals surface area contributed by atoms with Crippen molar-refractivity contribution in [1.29, 1.82) is 0 Å². The number of aryl methyl sites for hydroxylation is 1. The molecule has 1 saturated heterocycles. The van der Waals surface area contributed by atoms with Crippen LogP contribution in [0.4, 0.5) is 0 Å². The van der Waals surface area contributed by atoms with Crippen LogP contribution < -0.4 is 5.32 Å². The molecular weight excluding hydrogens is 428 g/mol. The third-order valence-corrected chi connectivity index (χ3v) is 9.06. The van der Waals surface area contributed by atoms with Crippen molar-refractivity contribution in [1.82, 2.24) is 14.9 Å². The van der Waals surface area contributed by atoms with Crippen LogP contribution in [0.15, 0.2) is 53.5 Å². The molecule has 2 fully saturated rings. The van der Waals surface area contributed by atoms with Crippen molar-refractivity contribution in [2.75, 3.05) is 0 Å². The van der Waals surface area contributed by atoms with Gasteiger partial charge < -0.3 is 15.0 Å². The van der Waals surface area contributed by atoms with Crippen molar-refractivity contribution in [2.45, 2.75) is 74.4 Å². The molecule has 0 spiro atoms. The van der Waals surface area contributed by atoms with Crippen molar-refractivity contribution in [3.63, 3.8) is 0 Å². The summed E-state index contributed by atoms with van der Waals surface area (Å²) in [6.07, 6.45) is 5.03. The van der Waals surface area contributed by atoms with Crippen LogP contribution >= 0.6 is 11.8 Å². The standard InChI is InChI=1S/C27H32N4OS/c1-16-28-25-20(10-13-24(25)33-16)27-30-21-11-8-17(15-23(21)31(27)2)14-19-9-12-22(29-19)26(32)18-6-4-3-5-7-18/h3-8,11,15,19-20,22,24-26,29,32H,9-10,12-14H2,1-2H3. The molecule has 6 heteroatoms. The van der Waals surface area contributed by atoms with Crippen LogP contribution in [0.1, 0.15) is 61.6 Å². The minimum absolute atomic E-state index is 0.119. The maximum atomic E-state index is 10.8. The van der Waals surface area contributed by atoms with E-state index in [-0.39, 0.29) is 6.04 Å². The first-order valence-corrected chi connectivity index (χ1v) is 13.1. The van der Waals surface area contributed by atoms with Crippen molar-refractivity contribution >= 4 is 27.8 Å². The first-order valence-electron chi connectivity index (χ1n) is 12.2. The molecule has 0 radical (unpaired) electrons. The van der Waals surface area contributed by atoms with Gasteiger partial charge in [-0.25, -0.2) is 4.98 Å². The lowest BCUT2D eigenvalue weighted by Crippen LogP contribution is -2.35. The molecule has 2 aromatic carbocycles. The monoisotopic (exact) mass is 460 g/mol. The van der Waals surface area contributed by atoms with Gasteiger partial charge in [-0.3, -0.25) is 4.99 Å². The average Bonchev–Trinajstić information content (AvgIpc) is 3.59. The van der Waals surface area contributed by atoms with Crippen LogP contribution in [-0.4, -0.2) is 43.1 Å². The molecule has 6 rings (SSSR count). The Balaban J connectivity index is 1.18. The van der Waals surface area contributed by atoms with E-state index in [1.54, 1.807) is 0 Å². The highest BCUT2D eigenvalue weighted by Gasteiger charge is 2.43. The highest BCUT2D eigenvalue weighted by molar-refractivity contribution is 8.14. The van der Waals surface area contributed by atoms with E-state index >= 15 is 0 Å². The summed E-state index contributed by atoms with van der Waals surface area (Å²) in [6.45, 7) is 2.14. The molecule has 6 unspecified atom stereocenters. The van der Waals surface area contributed by atoms with Crippen LogP contribution in [-0.2, 0) is 13.5 Å². The fourth-order valence-corrected chi connectivity index (χ4v) is 7.39. The van der Waals surface area contributed by atoms with E-state index < -0.39 is 6.10 Å². The predicted molar refractivity (Wildman–Crippen MR) is 136 cm³/mol. The first kappa shape index (κ1) is 21.4. The fourth-order valence-electron chi connectivity index (χ4n) is 6.13. The summed E-state index contributed by atoms with van der Waals surface area (Å²) in [5.41, 5.74) is 4.63. The van der Waals surface area contributed by atoms with Crippen molar-refractivity contribution in [2.24, 2.45) is 12.0 Å². The SMILES string of the molecule is CC1=NC2C(CCC2c2nc3ccc(CC4CCC(C(O)c5ccccc5)N4)cc3n2C)S1. The predicted octanol–water partition coefficient (Wildman–Crippen LogP) is 4.75. The topological polar surface area (TPSA) is 62.4 Å². The number of nitrogens with zero attached hydrogens (tertiary/aromatic N) is 3. The number of aliphatic imine (C=N–C) groups is 1. The minimum atomic E-state index is -0.450. The molecule has 2 N–H and O–H groups in total. The Morgan fingerprint density at radius 1 is 1.12 bits per heavy atom. The van der Waals surface area contributed by atoms with Crippen LogP contribution in [0.25, 0.3) is 11.0 Å². The number of aliphatic hydroxyl groups excluding tert-OH is 1. The Kier molecular flexibility index (Phi) is 5.55. The van der Waals surface area contributed by atoms with Gasteiger partial charge >= 0.3 is 0 Å². The summed E-state index contributed by atoms with van der Waals surface area (Å²) in [5, 5.41) is 16.3. The molecule has 5 nitrogen and oxygen atoms in total. The summed E-state index contributed by atoms with van der Waals surface area (Å²) in [7, 11) is 2.17. The first-order chi connectivity index (χ1) is 16.1. The summed E-state index contributed by atoms with van der Waals surface area (Å²) < 4.78 is 2.31. The van der Waals surface area contributed by atoms with Gasteiger partial charge in [-0.2, -0.15) is 0 Å². The van der Waals surface area contributed by atoms with E-state index in [1.165, 1.54) is 34.8 Å². The maximum Gasteiger partial charge on any atom is 0.114 e. The normalized spacial score (nSPS) is 30.0. The smallest absolute Gasteiger partial charge is 0.114 e. The van der Waals surface area contributed by atoms with Crippen molar-refractivity contribution in [3.8, 4) is 0 Å². The van der Waals surface area contributed by atoms with Crippen molar-refractivity contribution < 1.29 is 5.11 Å². The molecule has 33 heavy (non-hydrogen) atoms. The van der Waals surface area contributed by atoms with Gasteiger partial charge in [0.05, 0.1) is 28.2 Å². The van der Waals surface area contributed by atoms with E-state index in [2.05, 4.69) is 42.1 Å². The van der Waals surface area contributed by atoms with Gasteiger partial charge in [0.1, 0.15) is 5.82 Å². The number of hydrogen-bond donors (Lipinski definition) is 2.